The zero-order valence-corrected chi connectivity index (χ0v) is 13.3. The molecular formula is C14H20ClN3OS. The van der Waals surface area contributed by atoms with Crippen molar-refractivity contribution in [1.82, 2.24) is 4.90 Å². The summed E-state index contributed by atoms with van der Waals surface area (Å²) in [6, 6.07) is 5.35. The van der Waals surface area contributed by atoms with Crippen LogP contribution in [0.2, 0.25) is 5.02 Å². The third kappa shape index (κ3) is 3.59. The van der Waals surface area contributed by atoms with Gasteiger partial charge in [0.2, 0.25) is 5.91 Å². The smallest absolute Gasteiger partial charge is 0.241 e. The first kappa shape index (κ1) is 15.5. The van der Waals surface area contributed by atoms with Crippen LogP contribution in [0.1, 0.15) is 13.3 Å². The standard InChI is InChI=1S/C14H20ClN3OS/c1-9(18(2)11-5-6-20-8-11)14(19)17-13-7-10(15)3-4-12(13)16/h3-4,7,9,11H,5-6,8,16H2,1-2H3,(H,17,19). The van der Waals surface area contributed by atoms with Gasteiger partial charge in [0, 0.05) is 16.8 Å². The van der Waals surface area contributed by atoms with E-state index < -0.39 is 0 Å². The van der Waals surface area contributed by atoms with Gasteiger partial charge in [0.05, 0.1) is 17.4 Å². The first-order chi connectivity index (χ1) is 9.49. The van der Waals surface area contributed by atoms with Crippen molar-refractivity contribution in [3.63, 3.8) is 0 Å². The van der Waals surface area contributed by atoms with Crippen LogP contribution in [-0.2, 0) is 4.79 Å². The van der Waals surface area contributed by atoms with Crippen molar-refractivity contribution in [3.05, 3.63) is 23.2 Å². The topological polar surface area (TPSA) is 58.4 Å². The number of nitrogen functional groups attached to an aromatic ring is 1. The molecule has 20 heavy (non-hydrogen) atoms. The Balaban J connectivity index is 2.01. The summed E-state index contributed by atoms with van der Waals surface area (Å²) in [5, 5.41) is 3.42. The molecule has 1 aliphatic rings. The first-order valence-electron chi connectivity index (χ1n) is 6.64. The van der Waals surface area contributed by atoms with E-state index in [-0.39, 0.29) is 11.9 Å². The molecule has 0 aromatic heterocycles. The number of nitrogens with one attached hydrogen (secondary N) is 1. The van der Waals surface area contributed by atoms with Gasteiger partial charge in [0.15, 0.2) is 0 Å². The number of benzene rings is 1. The van der Waals surface area contributed by atoms with E-state index in [2.05, 4.69) is 10.2 Å². The summed E-state index contributed by atoms with van der Waals surface area (Å²) in [5.74, 6) is 2.20. The molecule has 2 unspecified atom stereocenters. The molecule has 2 atom stereocenters. The lowest BCUT2D eigenvalue weighted by molar-refractivity contribution is -0.120. The molecule has 2 rings (SSSR count). The highest BCUT2D eigenvalue weighted by molar-refractivity contribution is 7.99. The SMILES string of the molecule is CC(C(=O)Nc1cc(Cl)ccc1N)N(C)C1CCSC1. The van der Waals surface area contributed by atoms with Crippen molar-refractivity contribution in [2.75, 3.05) is 29.6 Å². The molecule has 1 heterocycles. The summed E-state index contributed by atoms with van der Waals surface area (Å²) in [4.78, 5) is 14.5. The Hall–Kier alpha value is -0.910. The Morgan fingerprint density at radius 3 is 3.00 bits per heavy atom. The Morgan fingerprint density at radius 1 is 1.60 bits per heavy atom. The highest BCUT2D eigenvalue weighted by Gasteiger charge is 2.27. The quantitative estimate of drug-likeness (QED) is 0.839. The zero-order valence-electron chi connectivity index (χ0n) is 11.7. The Kier molecular flexibility index (Phi) is 5.18. The second-order valence-electron chi connectivity index (χ2n) is 5.08. The second kappa shape index (κ2) is 6.70. The van der Waals surface area contributed by atoms with Gasteiger partial charge < -0.3 is 11.1 Å². The van der Waals surface area contributed by atoms with Crippen molar-refractivity contribution in [1.29, 1.82) is 0 Å². The largest absolute Gasteiger partial charge is 0.397 e. The predicted molar refractivity (Wildman–Crippen MR) is 87.4 cm³/mol. The molecule has 4 nitrogen and oxygen atoms in total. The van der Waals surface area contributed by atoms with E-state index in [0.717, 1.165) is 12.2 Å². The summed E-state index contributed by atoms with van der Waals surface area (Å²) >= 11 is 7.86. The van der Waals surface area contributed by atoms with Crippen LogP contribution in [-0.4, -0.2) is 41.4 Å². The van der Waals surface area contributed by atoms with Gasteiger partial charge in [-0.1, -0.05) is 11.6 Å². The van der Waals surface area contributed by atoms with Crippen molar-refractivity contribution in [2.24, 2.45) is 0 Å². The van der Waals surface area contributed by atoms with E-state index in [1.165, 1.54) is 5.75 Å². The Bertz CT molecular complexity index is 491. The molecule has 0 radical (unpaired) electrons. The van der Waals surface area contributed by atoms with E-state index in [1.807, 2.05) is 25.7 Å². The zero-order chi connectivity index (χ0) is 14.7. The van der Waals surface area contributed by atoms with Crippen LogP contribution in [0.5, 0.6) is 0 Å². The number of hydrogen-bond acceptors (Lipinski definition) is 4. The number of halogens is 1. The lowest BCUT2D eigenvalue weighted by Crippen LogP contribution is -2.45. The van der Waals surface area contributed by atoms with Crippen LogP contribution < -0.4 is 11.1 Å². The normalized spacial score (nSPS) is 20.1. The van der Waals surface area contributed by atoms with Gasteiger partial charge in [-0.15, -0.1) is 0 Å². The molecule has 1 aromatic rings. The van der Waals surface area contributed by atoms with E-state index in [0.29, 0.717) is 22.4 Å². The molecular weight excluding hydrogens is 294 g/mol. The fourth-order valence-corrected chi connectivity index (χ4v) is 3.67. The summed E-state index contributed by atoms with van der Waals surface area (Å²) in [6.45, 7) is 1.92. The molecule has 0 bridgehead atoms. The maximum atomic E-state index is 12.3. The van der Waals surface area contributed by atoms with Crippen LogP contribution in [0.4, 0.5) is 11.4 Å². The van der Waals surface area contributed by atoms with Crippen LogP contribution >= 0.6 is 23.4 Å². The summed E-state index contributed by atoms with van der Waals surface area (Å²) in [5.41, 5.74) is 6.94. The minimum Gasteiger partial charge on any atom is -0.397 e. The number of nitrogens with two attached hydrogens (primary N) is 1. The summed E-state index contributed by atoms with van der Waals surface area (Å²) < 4.78 is 0. The van der Waals surface area contributed by atoms with E-state index >= 15 is 0 Å². The highest BCUT2D eigenvalue weighted by atomic mass is 35.5. The predicted octanol–water partition coefficient (Wildman–Crippen LogP) is 2.69. The maximum absolute atomic E-state index is 12.3. The molecule has 1 aliphatic heterocycles. The number of thioether (sulfide) groups is 1. The van der Waals surface area contributed by atoms with Gasteiger partial charge in [0.25, 0.3) is 0 Å². The van der Waals surface area contributed by atoms with Gasteiger partial charge >= 0.3 is 0 Å². The average Bonchev–Trinajstić information content (AvgIpc) is 2.95. The number of amides is 1. The summed E-state index contributed by atoms with van der Waals surface area (Å²) in [6.07, 6.45) is 1.14. The number of hydrogen-bond donors (Lipinski definition) is 2. The van der Waals surface area contributed by atoms with Gasteiger partial charge in [-0.25, -0.2) is 0 Å². The molecule has 0 saturated carbocycles. The number of carbonyl (C=O) groups excluding carboxylic acids is 1. The van der Waals surface area contributed by atoms with E-state index in [1.54, 1.807) is 18.2 Å². The monoisotopic (exact) mass is 313 g/mol. The molecule has 6 heteroatoms. The molecule has 1 aromatic carbocycles. The van der Waals surface area contributed by atoms with Gasteiger partial charge in [-0.05, 0) is 44.3 Å². The molecule has 0 spiro atoms. The number of likely N-dealkylation sites (N-methyl/N-ethyl adjacent to an activating group) is 1. The van der Waals surface area contributed by atoms with Crippen LogP contribution in [0, 0.1) is 0 Å². The van der Waals surface area contributed by atoms with Crippen LogP contribution in [0.3, 0.4) is 0 Å². The van der Waals surface area contributed by atoms with Crippen molar-refractivity contribution >= 4 is 40.6 Å². The van der Waals surface area contributed by atoms with Gasteiger partial charge in [0.1, 0.15) is 0 Å². The number of anilines is 2. The molecule has 1 amide bonds. The van der Waals surface area contributed by atoms with Gasteiger partial charge in [-0.2, -0.15) is 11.8 Å². The molecule has 3 N–H and O–H groups in total. The number of rotatable bonds is 4. The molecule has 1 fully saturated rings. The second-order valence-corrected chi connectivity index (χ2v) is 6.67. The average molecular weight is 314 g/mol. The lowest BCUT2D eigenvalue weighted by atomic mass is 10.1. The lowest BCUT2D eigenvalue weighted by Gasteiger charge is -2.29. The minimum absolute atomic E-state index is 0.0571. The number of carbonyl (C=O) groups is 1. The molecule has 110 valence electrons. The summed E-state index contributed by atoms with van der Waals surface area (Å²) in [7, 11) is 2.00. The van der Waals surface area contributed by atoms with Crippen LogP contribution in [0.25, 0.3) is 0 Å². The highest BCUT2D eigenvalue weighted by Crippen LogP contribution is 2.25. The fraction of sp³-hybridized carbons (Fsp3) is 0.500. The van der Waals surface area contributed by atoms with E-state index in [4.69, 9.17) is 17.3 Å². The Morgan fingerprint density at radius 2 is 2.35 bits per heavy atom. The van der Waals surface area contributed by atoms with Crippen molar-refractivity contribution < 1.29 is 4.79 Å². The number of nitrogens with zero attached hydrogens (tertiary/aromatic N) is 1. The fourth-order valence-electron chi connectivity index (χ4n) is 2.22. The minimum atomic E-state index is -0.197. The van der Waals surface area contributed by atoms with Gasteiger partial charge in [-0.3, -0.25) is 9.69 Å². The van der Waals surface area contributed by atoms with Crippen molar-refractivity contribution in [3.8, 4) is 0 Å². The first-order valence-corrected chi connectivity index (χ1v) is 8.18. The molecule has 1 saturated heterocycles. The Labute approximate surface area is 129 Å². The van der Waals surface area contributed by atoms with Crippen LogP contribution in [0.15, 0.2) is 18.2 Å². The third-order valence-corrected chi connectivity index (χ3v) is 5.13. The van der Waals surface area contributed by atoms with Crippen molar-refractivity contribution in [2.45, 2.75) is 25.4 Å². The maximum Gasteiger partial charge on any atom is 0.241 e. The van der Waals surface area contributed by atoms with E-state index in [9.17, 15) is 4.79 Å². The third-order valence-electron chi connectivity index (χ3n) is 3.75. The molecule has 0 aliphatic carbocycles.